The van der Waals surface area contributed by atoms with Gasteiger partial charge in [-0.25, -0.2) is 0 Å². The minimum absolute atomic E-state index is 0.0179. The maximum Gasteiger partial charge on any atom is 0.0540 e. The largest absolute Gasteiger partial charge is 0.310 e. The molecule has 304 valence electrons. The topological polar surface area (TPSA) is 3.24 Å². The van der Waals surface area contributed by atoms with Gasteiger partial charge in [0.1, 0.15) is 0 Å². The van der Waals surface area contributed by atoms with Crippen molar-refractivity contribution in [3.8, 4) is 44.5 Å². The van der Waals surface area contributed by atoms with E-state index >= 15 is 0 Å². The van der Waals surface area contributed by atoms with Crippen LogP contribution in [0.2, 0.25) is 0 Å². The van der Waals surface area contributed by atoms with E-state index in [0.29, 0.717) is 5.92 Å². The molecule has 7 aromatic carbocycles. The zero-order valence-corrected chi connectivity index (χ0v) is 37.4. The van der Waals surface area contributed by atoms with Gasteiger partial charge in [0.15, 0.2) is 0 Å². The van der Waals surface area contributed by atoms with E-state index in [1.54, 1.807) is 11.1 Å². The molecule has 0 saturated heterocycles. The van der Waals surface area contributed by atoms with E-state index in [9.17, 15) is 0 Å². The fraction of sp³-hybridized carbons (Fsp3) is 0.300. The van der Waals surface area contributed by atoms with Crippen molar-refractivity contribution in [1.82, 2.24) is 0 Å². The third-order valence-electron chi connectivity index (χ3n) is 15.5. The molecule has 7 aromatic rings. The van der Waals surface area contributed by atoms with Crippen LogP contribution in [0.3, 0.4) is 0 Å². The minimum Gasteiger partial charge on any atom is -0.310 e. The molecule has 2 bridgehead atoms. The van der Waals surface area contributed by atoms with E-state index in [1.807, 2.05) is 0 Å². The summed E-state index contributed by atoms with van der Waals surface area (Å²) in [5.41, 5.74) is 22.9. The molecule has 1 heteroatoms. The minimum atomic E-state index is -0.116. The third kappa shape index (κ3) is 5.79. The second-order valence-corrected chi connectivity index (χ2v) is 21.4. The molecule has 0 radical (unpaired) electrons. The molecule has 61 heavy (non-hydrogen) atoms. The average Bonchev–Trinajstić information content (AvgIpc) is 4.00. The summed E-state index contributed by atoms with van der Waals surface area (Å²) in [5.74, 6) is 1.51. The van der Waals surface area contributed by atoms with E-state index in [4.69, 9.17) is 0 Å². The van der Waals surface area contributed by atoms with Gasteiger partial charge in [-0.1, -0.05) is 183 Å². The summed E-state index contributed by atoms with van der Waals surface area (Å²) in [4.78, 5) is 2.60. The van der Waals surface area contributed by atoms with Gasteiger partial charge in [0.2, 0.25) is 0 Å². The molecule has 0 heterocycles. The molecule has 2 fully saturated rings. The summed E-state index contributed by atoms with van der Waals surface area (Å²) < 4.78 is 0. The molecule has 0 aliphatic heterocycles. The summed E-state index contributed by atoms with van der Waals surface area (Å²) in [5, 5.41) is 0. The van der Waals surface area contributed by atoms with Crippen molar-refractivity contribution in [2.75, 3.05) is 4.90 Å². The molecule has 0 N–H and O–H groups in total. The molecule has 4 aliphatic rings. The Kier molecular flexibility index (Phi) is 8.42. The zero-order valence-electron chi connectivity index (χ0n) is 37.4. The second kappa shape index (κ2) is 13.4. The summed E-state index contributed by atoms with van der Waals surface area (Å²) in [6, 6.07) is 58.8. The highest BCUT2D eigenvalue weighted by Gasteiger charge is 2.56. The van der Waals surface area contributed by atoms with Crippen LogP contribution in [-0.4, -0.2) is 0 Å². The predicted molar refractivity (Wildman–Crippen MR) is 259 cm³/mol. The van der Waals surface area contributed by atoms with Crippen molar-refractivity contribution in [2.24, 2.45) is 11.8 Å². The van der Waals surface area contributed by atoms with Gasteiger partial charge in [0.05, 0.1) is 5.69 Å². The van der Waals surface area contributed by atoms with Crippen molar-refractivity contribution < 1.29 is 0 Å². The van der Waals surface area contributed by atoms with Gasteiger partial charge >= 0.3 is 0 Å². The fourth-order valence-electron chi connectivity index (χ4n) is 12.3. The molecule has 1 nitrogen and oxygen atoms in total. The third-order valence-corrected chi connectivity index (χ3v) is 15.5. The summed E-state index contributed by atoms with van der Waals surface area (Å²) >= 11 is 0. The predicted octanol–water partition coefficient (Wildman–Crippen LogP) is 16.5. The van der Waals surface area contributed by atoms with E-state index in [0.717, 1.165) is 5.92 Å². The highest BCUT2D eigenvalue weighted by molar-refractivity contribution is 5.96. The number of fused-ring (bicyclic) bond motifs is 11. The number of hydrogen-bond donors (Lipinski definition) is 0. The van der Waals surface area contributed by atoms with Crippen LogP contribution in [0.4, 0.5) is 17.1 Å². The van der Waals surface area contributed by atoms with Crippen LogP contribution in [0.1, 0.15) is 114 Å². The van der Waals surface area contributed by atoms with Crippen LogP contribution >= 0.6 is 0 Å². The van der Waals surface area contributed by atoms with Crippen LogP contribution < -0.4 is 4.90 Å². The highest BCUT2D eigenvalue weighted by Crippen LogP contribution is 2.66. The monoisotopic (exact) mass is 793 g/mol. The quantitative estimate of drug-likeness (QED) is 0.168. The van der Waals surface area contributed by atoms with Crippen molar-refractivity contribution in [3.63, 3.8) is 0 Å². The van der Waals surface area contributed by atoms with E-state index in [-0.39, 0.29) is 21.7 Å². The van der Waals surface area contributed by atoms with E-state index in [1.165, 1.54) is 110 Å². The number of para-hydroxylation sites is 1. The summed E-state index contributed by atoms with van der Waals surface area (Å²) in [6.45, 7) is 18.8. The van der Waals surface area contributed by atoms with Crippen molar-refractivity contribution in [2.45, 2.75) is 103 Å². The Morgan fingerprint density at radius 3 is 1.57 bits per heavy atom. The molecule has 0 aromatic heterocycles. The van der Waals surface area contributed by atoms with Crippen LogP contribution in [0.15, 0.2) is 152 Å². The molecule has 2 saturated carbocycles. The molecule has 3 atom stereocenters. The Hall–Kier alpha value is -5.66. The van der Waals surface area contributed by atoms with Crippen LogP contribution in [0.5, 0.6) is 0 Å². The fourth-order valence-corrected chi connectivity index (χ4v) is 12.3. The summed E-state index contributed by atoms with van der Waals surface area (Å²) in [7, 11) is 0. The zero-order chi connectivity index (χ0) is 42.1. The van der Waals surface area contributed by atoms with Gasteiger partial charge in [-0.15, -0.1) is 0 Å². The Morgan fingerprint density at radius 2 is 0.967 bits per heavy atom. The van der Waals surface area contributed by atoms with Gasteiger partial charge in [-0.2, -0.15) is 0 Å². The van der Waals surface area contributed by atoms with Crippen LogP contribution in [-0.2, 0) is 21.7 Å². The van der Waals surface area contributed by atoms with Crippen molar-refractivity contribution in [3.05, 3.63) is 185 Å². The SMILES string of the molecule is CC(C)(C)c1cc(-c2ccccc2-c2ccccc2N(c2ccc3c(c2)C(C)(C)c2ccccc2-3)c2ccc3c(c2)C2(CC4CCC2C4)c2ccccc2-3)cc(C(C)(C)C)c1. The Balaban J connectivity index is 1.14. The van der Waals surface area contributed by atoms with Crippen molar-refractivity contribution >= 4 is 17.1 Å². The number of benzene rings is 7. The Morgan fingerprint density at radius 1 is 0.459 bits per heavy atom. The lowest BCUT2D eigenvalue weighted by molar-refractivity contribution is 0.327. The van der Waals surface area contributed by atoms with Crippen molar-refractivity contribution in [1.29, 1.82) is 0 Å². The normalized spacial score (nSPS) is 20.4. The Labute approximate surface area is 364 Å². The van der Waals surface area contributed by atoms with Gasteiger partial charge in [0.25, 0.3) is 0 Å². The van der Waals surface area contributed by atoms with E-state index < -0.39 is 0 Å². The number of nitrogens with zero attached hydrogens (tertiary/aromatic N) is 1. The maximum atomic E-state index is 2.62. The lowest BCUT2D eigenvalue weighted by Crippen LogP contribution is -2.32. The second-order valence-electron chi connectivity index (χ2n) is 21.4. The first kappa shape index (κ1) is 38.3. The van der Waals surface area contributed by atoms with E-state index in [2.05, 4.69) is 212 Å². The standard InChI is InChI=1S/C60H59N/c1-57(2,3)41-32-39(33-42(34-41)58(4,5)6)45-17-9-10-18-46(45)51-21-13-16-24-56(51)61(43-27-29-49-47-19-11-14-22-52(47)59(7,8)54(49)35-43)44-28-30-50-48-20-12-15-23-53(48)60(55(50)36-44)37-38-25-26-40(60)31-38/h9-24,27-30,32-36,38,40H,25-26,31,37H2,1-8H3. The average molecular weight is 794 g/mol. The first-order valence-electron chi connectivity index (χ1n) is 22.9. The van der Waals surface area contributed by atoms with Gasteiger partial charge in [-0.3, -0.25) is 0 Å². The van der Waals surface area contributed by atoms with Gasteiger partial charge in [-0.05, 0) is 145 Å². The smallest absolute Gasteiger partial charge is 0.0540 e. The molecule has 3 unspecified atom stereocenters. The lowest BCUT2D eigenvalue weighted by atomic mass is 9.67. The highest BCUT2D eigenvalue weighted by atomic mass is 15.1. The molecular formula is C60H59N. The van der Waals surface area contributed by atoms with Crippen LogP contribution in [0, 0.1) is 11.8 Å². The van der Waals surface area contributed by atoms with Gasteiger partial charge in [0, 0.05) is 27.8 Å². The first-order chi connectivity index (χ1) is 29.2. The molecule has 4 aliphatic carbocycles. The number of hydrogen-bond acceptors (Lipinski definition) is 1. The first-order valence-corrected chi connectivity index (χ1v) is 22.9. The lowest BCUT2D eigenvalue weighted by Gasteiger charge is -2.37. The molecule has 0 amide bonds. The molecule has 1 spiro atoms. The summed E-state index contributed by atoms with van der Waals surface area (Å²) in [6.07, 6.45) is 5.34. The Bertz CT molecular complexity index is 2860. The molecular weight excluding hydrogens is 735 g/mol. The maximum absolute atomic E-state index is 2.62. The number of rotatable bonds is 5. The number of anilines is 3. The van der Waals surface area contributed by atoms with Crippen LogP contribution in [0.25, 0.3) is 44.5 Å². The molecule has 11 rings (SSSR count). The van der Waals surface area contributed by atoms with Gasteiger partial charge < -0.3 is 4.90 Å².